The second-order valence-electron chi connectivity index (χ2n) is 20.1. The number of carbonyl (C=O) groups is 4. The Hall–Kier alpha value is -6.02. The van der Waals surface area contributed by atoms with Gasteiger partial charge in [-0.05, 0) is 132 Å². The van der Waals surface area contributed by atoms with Crippen molar-refractivity contribution in [2.75, 3.05) is 66.1 Å². The highest BCUT2D eigenvalue weighted by Crippen LogP contribution is 2.49. The van der Waals surface area contributed by atoms with Crippen molar-refractivity contribution in [2.24, 2.45) is 16.8 Å². The molecule has 3 N–H and O–H groups in total. The van der Waals surface area contributed by atoms with E-state index in [4.69, 9.17) is 15.1 Å². The highest BCUT2D eigenvalue weighted by molar-refractivity contribution is 5.96. The average Bonchev–Trinajstić information content (AvgIpc) is 4.32. The van der Waals surface area contributed by atoms with E-state index in [-0.39, 0.29) is 35.6 Å². The van der Waals surface area contributed by atoms with Crippen molar-refractivity contribution < 1.29 is 34.1 Å². The van der Waals surface area contributed by atoms with E-state index in [1.165, 1.54) is 11.8 Å². The number of fused-ring (bicyclic) bond motifs is 1. The van der Waals surface area contributed by atoms with Crippen LogP contribution in [0.15, 0.2) is 89.9 Å². The van der Waals surface area contributed by atoms with Gasteiger partial charge in [0.15, 0.2) is 0 Å². The van der Waals surface area contributed by atoms with Gasteiger partial charge in [0.05, 0.1) is 6.04 Å². The number of hydrogen-bond acceptors (Lipinski definition) is 9. The van der Waals surface area contributed by atoms with E-state index in [9.17, 15) is 29.4 Å². The molecule has 362 valence electrons. The van der Waals surface area contributed by atoms with Crippen LogP contribution in [0.25, 0.3) is 22.3 Å². The molecular formula is C56H66N6O7. The van der Waals surface area contributed by atoms with E-state index in [0.29, 0.717) is 95.3 Å². The summed E-state index contributed by atoms with van der Waals surface area (Å²) in [6.07, 6.45) is 11.1. The molecule has 9 rings (SSSR count). The minimum atomic E-state index is -1.35. The fourth-order valence-electron chi connectivity index (χ4n) is 10.5. The molecular weight excluding hydrogens is 869 g/mol. The molecule has 2 aliphatic carbocycles. The third-order valence-electron chi connectivity index (χ3n) is 15.3. The summed E-state index contributed by atoms with van der Waals surface area (Å²) in [5.74, 6) is -0.365. The number of piperazine rings is 2. The zero-order valence-corrected chi connectivity index (χ0v) is 40.1. The van der Waals surface area contributed by atoms with Crippen LogP contribution in [0, 0.1) is 17.2 Å². The first-order chi connectivity index (χ1) is 33.3. The maximum absolute atomic E-state index is 13.7. The molecule has 4 amide bonds. The quantitative estimate of drug-likeness (QED) is 0.105. The van der Waals surface area contributed by atoms with Gasteiger partial charge in [0.2, 0.25) is 0 Å². The summed E-state index contributed by atoms with van der Waals surface area (Å²) in [6.45, 7) is 6.21. The van der Waals surface area contributed by atoms with Crippen molar-refractivity contribution >= 4 is 36.1 Å². The standard InChI is InChI=1S/C56H66N6O7/c1-38(4-3-5-43-33-44(14-16-47(43)36-57)39-6-10-41(11-7-39)51(63)59-23-27-61(28-24-59)53(65)55(67)21-22-55)32-49-35-56(49,68)54(66)62-29-25-60(26-30-62)52(64)42-12-8-40(9-13-42)45-15-17-48-37-58-50(20-31-69-2)19-18-46(48)34-45/h6-17,33-34,36-38,49-50,57,67-68H,3-5,18-32,35H2,1-2H3. The summed E-state index contributed by atoms with van der Waals surface area (Å²) >= 11 is 0. The average molecular weight is 935 g/mol. The Bertz CT molecular complexity index is 2580. The van der Waals surface area contributed by atoms with Gasteiger partial charge in [0, 0.05) is 95.5 Å². The van der Waals surface area contributed by atoms with Crippen LogP contribution in [0.2, 0.25) is 0 Å². The Balaban J connectivity index is 0.706. The molecule has 69 heavy (non-hydrogen) atoms. The minimum Gasteiger partial charge on any atom is -0.385 e. The number of nitrogens with zero attached hydrogens (tertiary/aromatic N) is 5. The first-order valence-corrected chi connectivity index (χ1v) is 25.0. The lowest BCUT2D eigenvalue weighted by Gasteiger charge is -2.36. The van der Waals surface area contributed by atoms with Crippen molar-refractivity contribution in [3.63, 3.8) is 0 Å². The molecule has 0 radical (unpaired) electrons. The van der Waals surface area contributed by atoms with Crippen molar-refractivity contribution in [1.82, 2.24) is 19.6 Å². The summed E-state index contributed by atoms with van der Waals surface area (Å²) in [5.41, 5.74) is 7.19. The van der Waals surface area contributed by atoms with Crippen LogP contribution in [0.4, 0.5) is 0 Å². The van der Waals surface area contributed by atoms with Crippen LogP contribution in [0.5, 0.6) is 0 Å². The van der Waals surface area contributed by atoms with Gasteiger partial charge >= 0.3 is 0 Å². The van der Waals surface area contributed by atoms with Crippen LogP contribution >= 0.6 is 0 Å². The smallest absolute Gasteiger partial charge is 0.254 e. The highest BCUT2D eigenvalue weighted by Gasteiger charge is 2.60. The molecule has 5 aliphatic rings. The molecule has 3 heterocycles. The molecule has 4 aromatic rings. The molecule has 13 heteroatoms. The van der Waals surface area contributed by atoms with E-state index in [0.717, 1.165) is 83.9 Å². The van der Waals surface area contributed by atoms with Crippen LogP contribution in [0.1, 0.15) is 101 Å². The maximum atomic E-state index is 13.7. The third kappa shape index (κ3) is 10.8. The van der Waals surface area contributed by atoms with E-state index in [1.807, 2.05) is 66.9 Å². The van der Waals surface area contributed by atoms with Gasteiger partial charge in [-0.15, -0.1) is 0 Å². The molecule has 4 aromatic carbocycles. The minimum absolute atomic E-state index is 0.0542. The first kappa shape index (κ1) is 48.0. The van der Waals surface area contributed by atoms with Gasteiger partial charge in [0.25, 0.3) is 23.6 Å². The Labute approximate surface area is 405 Å². The Morgan fingerprint density at radius 2 is 1.30 bits per heavy atom. The van der Waals surface area contributed by atoms with Crippen molar-refractivity contribution in [1.29, 1.82) is 5.41 Å². The molecule has 2 saturated heterocycles. The first-order valence-electron chi connectivity index (χ1n) is 25.0. The molecule has 2 saturated carbocycles. The van der Waals surface area contributed by atoms with Crippen molar-refractivity contribution in [3.05, 3.63) is 118 Å². The van der Waals surface area contributed by atoms with E-state index in [2.05, 4.69) is 31.2 Å². The normalized spacial score (nSPS) is 22.1. The predicted molar refractivity (Wildman–Crippen MR) is 267 cm³/mol. The van der Waals surface area contributed by atoms with Gasteiger partial charge < -0.3 is 40.0 Å². The second kappa shape index (κ2) is 20.5. The zero-order valence-electron chi connectivity index (χ0n) is 40.1. The van der Waals surface area contributed by atoms with E-state index in [1.54, 1.807) is 26.7 Å². The van der Waals surface area contributed by atoms with Crippen molar-refractivity contribution in [3.8, 4) is 22.3 Å². The predicted octanol–water partition coefficient (Wildman–Crippen LogP) is 6.68. The van der Waals surface area contributed by atoms with E-state index >= 15 is 0 Å². The number of nitrogens with one attached hydrogen (secondary N) is 1. The molecule has 3 aliphatic heterocycles. The SMILES string of the molecule is COCCC1CCc2cc(-c3ccc(C(=O)N4CCN(C(=O)C5(O)CC5CC(C)CCCc5cc(-c6ccc(C(=O)N7CCN(C(=O)C8(O)CC8)CC7)cc6)ccc5C=N)CC4)cc3)ccc2C=N1. The molecule has 13 nitrogen and oxygen atoms in total. The van der Waals surface area contributed by atoms with Gasteiger partial charge in [-0.2, -0.15) is 0 Å². The number of ether oxygens (including phenoxy) is 1. The number of amides is 4. The fraction of sp³-hybridized carbons (Fsp3) is 0.464. The van der Waals surface area contributed by atoms with Crippen LogP contribution in [-0.2, 0) is 27.2 Å². The number of carbonyl (C=O) groups excluding carboxylic acids is 4. The summed E-state index contributed by atoms with van der Waals surface area (Å²) in [6, 6.07) is 28.2. The van der Waals surface area contributed by atoms with Gasteiger partial charge in [0.1, 0.15) is 11.2 Å². The molecule has 0 bridgehead atoms. The lowest BCUT2D eigenvalue weighted by Crippen LogP contribution is -2.53. The number of aliphatic hydroxyl groups is 2. The number of methoxy groups -OCH3 is 1. The molecule has 4 unspecified atom stereocenters. The lowest BCUT2D eigenvalue weighted by atomic mass is 9.92. The van der Waals surface area contributed by atoms with Gasteiger partial charge in [-0.1, -0.05) is 74.0 Å². The number of benzene rings is 4. The zero-order chi connectivity index (χ0) is 48.3. The second-order valence-corrected chi connectivity index (χ2v) is 20.1. The van der Waals surface area contributed by atoms with Crippen LogP contribution < -0.4 is 0 Å². The van der Waals surface area contributed by atoms with E-state index < -0.39 is 11.2 Å². The summed E-state index contributed by atoms with van der Waals surface area (Å²) in [7, 11) is 1.72. The van der Waals surface area contributed by atoms with Gasteiger partial charge in [-0.25, -0.2) is 0 Å². The highest BCUT2D eigenvalue weighted by atomic mass is 16.5. The maximum Gasteiger partial charge on any atom is 0.254 e. The lowest BCUT2D eigenvalue weighted by molar-refractivity contribution is -0.145. The number of rotatable bonds is 16. The van der Waals surface area contributed by atoms with Crippen LogP contribution in [0.3, 0.4) is 0 Å². The third-order valence-corrected chi connectivity index (χ3v) is 15.3. The number of aryl methyl sites for hydroxylation is 2. The molecule has 4 atom stereocenters. The van der Waals surface area contributed by atoms with Crippen molar-refractivity contribution in [2.45, 2.75) is 88.4 Å². The summed E-state index contributed by atoms with van der Waals surface area (Å²) in [4.78, 5) is 64.8. The molecule has 0 aromatic heterocycles. The van der Waals surface area contributed by atoms with Crippen LogP contribution in [-0.4, -0.2) is 149 Å². The Morgan fingerprint density at radius 1 is 0.754 bits per heavy atom. The summed E-state index contributed by atoms with van der Waals surface area (Å²) < 4.78 is 5.26. The molecule has 0 spiro atoms. The monoisotopic (exact) mass is 934 g/mol. The number of hydrogen-bond donors (Lipinski definition) is 3. The largest absolute Gasteiger partial charge is 0.385 e. The van der Waals surface area contributed by atoms with Gasteiger partial charge in [-0.3, -0.25) is 24.2 Å². The Kier molecular flexibility index (Phi) is 14.3. The fourth-order valence-corrected chi connectivity index (χ4v) is 10.5. The summed E-state index contributed by atoms with van der Waals surface area (Å²) in [5, 5.41) is 29.7. The number of aliphatic imine (C=N–C) groups is 1. The topological polar surface area (TPSA) is 167 Å². The Morgan fingerprint density at radius 3 is 1.88 bits per heavy atom. The molecule has 4 fully saturated rings.